The van der Waals surface area contributed by atoms with Gasteiger partial charge in [-0.3, -0.25) is 9.59 Å². The molecule has 0 aliphatic rings. The number of carbonyl (C=O) groups is 2. The van der Waals surface area contributed by atoms with Crippen LogP contribution < -0.4 is 5.32 Å². The molecular weight excluding hydrogens is 400 g/mol. The van der Waals surface area contributed by atoms with Crippen molar-refractivity contribution in [3.63, 3.8) is 0 Å². The van der Waals surface area contributed by atoms with E-state index in [0.717, 1.165) is 23.4 Å². The Hall–Kier alpha value is -3.20. The maximum Gasteiger partial charge on any atom is 0.243 e. The first-order valence-corrected chi connectivity index (χ1v) is 10.5. The van der Waals surface area contributed by atoms with Crippen molar-refractivity contribution in [1.29, 1.82) is 0 Å². The fraction of sp³-hybridized carbons (Fsp3) is 0.286. The van der Waals surface area contributed by atoms with Crippen molar-refractivity contribution in [3.05, 3.63) is 60.2 Å². The maximum absolute atomic E-state index is 12.8. The molecule has 8 nitrogen and oxygen atoms in total. The summed E-state index contributed by atoms with van der Waals surface area (Å²) in [6.45, 7) is 3.77. The highest BCUT2D eigenvalue weighted by atomic mass is 32.2. The number of aryl methyl sites for hydroxylation is 1. The van der Waals surface area contributed by atoms with Crippen molar-refractivity contribution in [2.24, 2.45) is 0 Å². The second kappa shape index (κ2) is 10.0. The van der Waals surface area contributed by atoms with Crippen LogP contribution in [0.1, 0.15) is 19.4 Å². The average molecular weight is 425 g/mol. The lowest BCUT2D eigenvalue weighted by Gasteiger charge is -2.20. The fourth-order valence-corrected chi connectivity index (χ4v) is 3.86. The van der Waals surface area contributed by atoms with Crippen molar-refractivity contribution < 1.29 is 9.59 Å². The zero-order valence-electron chi connectivity index (χ0n) is 17.1. The number of hydrogen-bond acceptors (Lipinski definition) is 6. The Kier molecular flexibility index (Phi) is 7.18. The number of benzene rings is 2. The summed E-state index contributed by atoms with van der Waals surface area (Å²) in [4.78, 5) is 26.6. The van der Waals surface area contributed by atoms with Crippen LogP contribution >= 0.6 is 11.8 Å². The maximum atomic E-state index is 12.8. The van der Waals surface area contributed by atoms with Gasteiger partial charge in [-0.2, -0.15) is 4.68 Å². The van der Waals surface area contributed by atoms with Crippen LogP contribution in [0.3, 0.4) is 0 Å². The van der Waals surface area contributed by atoms with Crippen LogP contribution in [-0.4, -0.2) is 55.8 Å². The molecule has 30 heavy (non-hydrogen) atoms. The number of tetrazole rings is 1. The van der Waals surface area contributed by atoms with Crippen molar-refractivity contribution in [2.75, 3.05) is 18.9 Å². The first-order chi connectivity index (χ1) is 14.5. The zero-order valence-corrected chi connectivity index (χ0v) is 18.0. The molecule has 9 heteroatoms. The van der Waals surface area contributed by atoms with Crippen LogP contribution in [0.25, 0.3) is 5.69 Å². The summed E-state index contributed by atoms with van der Waals surface area (Å²) in [5.41, 5.74) is 2.64. The molecule has 0 bridgehead atoms. The molecule has 156 valence electrons. The Bertz CT molecular complexity index is 1010. The molecule has 0 aliphatic heterocycles. The number of carbonyl (C=O) groups excluding carboxylic acids is 2. The normalized spacial score (nSPS) is 11.7. The number of amides is 2. The minimum Gasteiger partial charge on any atom is -0.335 e. The van der Waals surface area contributed by atoms with Crippen molar-refractivity contribution in [3.8, 4) is 5.69 Å². The molecule has 3 rings (SSSR count). The largest absolute Gasteiger partial charge is 0.335 e. The van der Waals surface area contributed by atoms with Crippen molar-refractivity contribution in [2.45, 2.75) is 30.7 Å². The lowest BCUT2D eigenvalue weighted by atomic mass is 10.1. The van der Waals surface area contributed by atoms with Crippen LogP contribution in [0.4, 0.5) is 5.69 Å². The van der Waals surface area contributed by atoms with E-state index in [1.54, 1.807) is 18.7 Å². The average Bonchev–Trinajstić information content (AvgIpc) is 3.22. The second-order valence-electron chi connectivity index (χ2n) is 6.72. The minimum absolute atomic E-state index is 0.0363. The highest BCUT2D eigenvalue weighted by Crippen LogP contribution is 2.24. The SMILES string of the molecule is CCc1ccccc1NC(=O)CN(C)C(=O)C(C)Sc1nnnn1-c1ccccc1. The standard InChI is InChI=1S/C21H24N6O2S/c1-4-16-10-8-9-13-18(16)22-19(28)14-26(3)20(29)15(2)30-21-23-24-25-27(21)17-11-6-5-7-12-17/h5-13,15H,4,14H2,1-3H3,(H,22,28). The van der Waals surface area contributed by atoms with Gasteiger partial charge in [0.2, 0.25) is 17.0 Å². The summed E-state index contributed by atoms with van der Waals surface area (Å²) in [5.74, 6) is -0.417. The summed E-state index contributed by atoms with van der Waals surface area (Å²) >= 11 is 1.25. The van der Waals surface area contributed by atoms with Crippen LogP contribution in [0.5, 0.6) is 0 Å². The van der Waals surface area contributed by atoms with Gasteiger partial charge in [-0.05, 0) is 47.5 Å². The molecule has 1 heterocycles. The molecule has 0 spiro atoms. The van der Waals surface area contributed by atoms with E-state index in [1.165, 1.54) is 16.7 Å². The Morgan fingerprint density at radius 2 is 1.83 bits per heavy atom. The monoisotopic (exact) mass is 424 g/mol. The predicted octanol–water partition coefficient (Wildman–Crippen LogP) is 2.80. The lowest BCUT2D eigenvalue weighted by Crippen LogP contribution is -2.39. The summed E-state index contributed by atoms with van der Waals surface area (Å²) in [7, 11) is 1.62. The van der Waals surface area contributed by atoms with Gasteiger partial charge in [-0.15, -0.1) is 5.10 Å². The molecule has 2 aromatic carbocycles. The van der Waals surface area contributed by atoms with Gasteiger partial charge in [-0.25, -0.2) is 0 Å². The predicted molar refractivity (Wildman–Crippen MR) is 117 cm³/mol. The van der Waals surface area contributed by atoms with Gasteiger partial charge >= 0.3 is 0 Å². The van der Waals surface area contributed by atoms with Gasteiger partial charge in [-0.1, -0.05) is 55.1 Å². The Balaban J connectivity index is 1.60. The van der Waals surface area contributed by atoms with Gasteiger partial charge in [0.05, 0.1) is 17.5 Å². The second-order valence-corrected chi connectivity index (χ2v) is 8.03. The molecule has 1 unspecified atom stereocenters. The third-order valence-electron chi connectivity index (χ3n) is 4.50. The summed E-state index contributed by atoms with van der Waals surface area (Å²) < 4.78 is 1.59. The topological polar surface area (TPSA) is 93.0 Å². The molecule has 1 atom stereocenters. The van der Waals surface area contributed by atoms with Gasteiger partial charge < -0.3 is 10.2 Å². The molecule has 1 N–H and O–H groups in total. The number of para-hydroxylation sites is 2. The number of hydrogen-bond donors (Lipinski definition) is 1. The summed E-state index contributed by atoms with van der Waals surface area (Å²) in [6, 6.07) is 17.1. The highest BCUT2D eigenvalue weighted by Gasteiger charge is 2.23. The third kappa shape index (κ3) is 5.24. The quantitative estimate of drug-likeness (QED) is 0.559. The number of nitrogens with zero attached hydrogens (tertiary/aromatic N) is 5. The van der Waals surface area contributed by atoms with Crippen LogP contribution in [0.15, 0.2) is 59.8 Å². The molecular formula is C21H24N6O2S. The first kappa shape index (κ1) is 21.5. The summed E-state index contributed by atoms with van der Waals surface area (Å²) in [5, 5.41) is 14.7. The van der Waals surface area contributed by atoms with E-state index in [1.807, 2.05) is 61.5 Å². The number of aromatic nitrogens is 4. The molecule has 0 saturated carbocycles. The van der Waals surface area contributed by atoms with Crippen molar-refractivity contribution in [1.82, 2.24) is 25.1 Å². The number of rotatable bonds is 8. The van der Waals surface area contributed by atoms with E-state index >= 15 is 0 Å². The molecule has 2 amide bonds. The van der Waals surface area contributed by atoms with E-state index in [0.29, 0.717) is 5.16 Å². The Labute approximate surface area is 179 Å². The van der Waals surface area contributed by atoms with Crippen LogP contribution in [-0.2, 0) is 16.0 Å². The van der Waals surface area contributed by atoms with Gasteiger partial charge in [0.1, 0.15) is 0 Å². The molecule has 0 aliphatic carbocycles. The molecule has 0 fully saturated rings. The Morgan fingerprint density at radius 1 is 1.13 bits per heavy atom. The fourth-order valence-electron chi connectivity index (χ4n) is 2.94. The van der Waals surface area contributed by atoms with Gasteiger partial charge in [0, 0.05) is 12.7 Å². The smallest absolute Gasteiger partial charge is 0.243 e. The summed E-state index contributed by atoms with van der Waals surface area (Å²) in [6.07, 6.45) is 0.815. The van der Waals surface area contributed by atoms with E-state index in [-0.39, 0.29) is 18.4 Å². The van der Waals surface area contributed by atoms with E-state index in [2.05, 4.69) is 20.8 Å². The lowest BCUT2D eigenvalue weighted by molar-refractivity contribution is -0.132. The van der Waals surface area contributed by atoms with E-state index in [9.17, 15) is 9.59 Å². The van der Waals surface area contributed by atoms with Crippen molar-refractivity contribution >= 4 is 29.3 Å². The van der Waals surface area contributed by atoms with Crippen LogP contribution in [0.2, 0.25) is 0 Å². The first-order valence-electron chi connectivity index (χ1n) is 9.62. The number of nitrogens with one attached hydrogen (secondary N) is 1. The Morgan fingerprint density at radius 3 is 2.57 bits per heavy atom. The number of anilines is 1. The molecule has 0 radical (unpaired) electrons. The minimum atomic E-state index is -0.459. The third-order valence-corrected chi connectivity index (χ3v) is 5.52. The zero-order chi connectivity index (χ0) is 21.5. The molecule has 1 aromatic heterocycles. The molecule has 0 saturated heterocycles. The van der Waals surface area contributed by atoms with Crippen LogP contribution in [0, 0.1) is 0 Å². The highest BCUT2D eigenvalue weighted by molar-refractivity contribution is 8.00. The molecule has 3 aromatic rings. The number of likely N-dealkylation sites (N-methyl/N-ethyl adjacent to an activating group) is 1. The van der Waals surface area contributed by atoms with E-state index < -0.39 is 5.25 Å². The van der Waals surface area contributed by atoms with Gasteiger partial charge in [0.15, 0.2) is 0 Å². The number of thioether (sulfide) groups is 1. The van der Waals surface area contributed by atoms with Gasteiger partial charge in [0.25, 0.3) is 0 Å². The van der Waals surface area contributed by atoms with E-state index in [4.69, 9.17) is 0 Å².